The number of pyridine rings is 1. The molecule has 0 spiro atoms. The molecule has 0 saturated carbocycles. The summed E-state index contributed by atoms with van der Waals surface area (Å²) in [5, 5.41) is 13.5. The Kier molecular flexibility index (Phi) is 4.42. The molecule has 2 aliphatic heterocycles. The van der Waals surface area contributed by atoms with Crippen molar-refractivity contribution >= 4 is 17.9 Å². The number of aliphatic imine (C=N–C) groups is 1. The lowest BCUT2D eigenvalue weighted by molar-refractivity contribution is 0.0739. The lowest BCUT2D eigenvalue weighted by atomic mass is 10.0. The molecular weight excluding hydrogens is 328 g/mol. The number of anilines is 1. The lowest BCUT2D eigenvalue weighted by Crippen LogP contribution is -2.45. The van der Waals surface area contributed by atoms with Crippen molar-refractivity contribution in [3.05, 3.63) is 30.2 Å². The van der Waals surface area contributed by atoms with Crippen molar-refractivity contribution in [2.24, 2.45) is 4.99 Å². The number of aliphatic hydroxyl groups is 1. The predicted octanol–water partition coefficient (Wildman–Crippen LogP) is 2.04. The maximum absolute atomic E-state index is 10.1. The highest BCUT2D eigenvalue weighted by atomic mass is 16.3. The van der Waals surface area contributed by atoms with E-state index in [2.05, 4.69) is 25.2 Å². The molecule has 0 bridgehead atoms. The fraction of sp³-hybridized carbons (Fsp3) is 0.474. The van der Waals surface area contributed by atoms with Gasteiger partial charge in [0.2, 0.25) is 0 Å². The van der Waals surface area contributed by atoms with Crippen molar-refractivity contribution < 1.29 is 5.11 Å². The van der Waals surface area contributed by atoms with Crippen LogP contribution in [0.1, 0.15) is 32.4 Å². The topological polar surface area (TPSA) is 86.5 Å². The first kappa shape index (κ1) is 17.1. The molecule has 0 unspecified atom stereocenters. The van der Waals surface area contributed by atoms with Crippen molar-refractivity contribution in [2.75, 3.05) is 24.5 Å². The first-order valence-electron chi connectivity index (χ1n) is 9.08. The van der Waals surface area contributed by atoms with Crippen molar-refractivity contribution in [3.63, 3.8) is 0 Å². The maximum atomic E-state index is 10.1. The van der Waals surface area contributed by atoms with Crippen LogP contribution in [0.3, 0.4) is 0 Å². The van der Waals surface area contributed by atoms with Gasteiger partial charge >= 0.3 is 0 Å². The van der Waals surface area contributed by atoms with E-state index in [4.69, 9.17) is 4.98 Å². The first-order chi connectivity index (χ1) is 12.5. The molecule has 136 valence electrons. The minimum Gasteiger partial charge on any atom is -0.384 e. The molecule has 0 radical (unpaired) electrons. The number of fused-ring (bicyclic) bond motifs is 1. The van der Waals surface area contributed by atoms with Crippen molar-refractivity contribution in [3.8, 4) is 11.3 Å². The van der Waals surface area contributed by atoms with Gasteiger partial charge < -0.3 is 15.3 Å². The molecule has 0 atom stereocenters. The highest BCUT2D eigenvalue weighted by Gasteiger charge is 2.27. The molecule has 4 rings (SSSR count). The number of aromatic nitrogens is 3. The van der Waals surface area contributed by atoms with Gasteiger partial charge in [0, 0.05) is 24.0 Å². The smallest absolute Gasteiger partial charge is 0.195 e. The van der Waals surface area contributed by atoms with Gasteiger partial charge in [-0.3, -0.25) is 4.98 Å². The largest absolute Gasteiger partial charge is 0.384 e. The van der Waals surface area contributed by atoms with E-state index in [1.165, 1.54) is 0 Å². The standard InChI is InChI=1S/C19H24N6O/c1-19(2,26)16-4-3-13(11-22-16)15-12-23-17-18(24-15)25(10-9-21-17)14-5-7-20-8-6-14/h3-4,9,11-12,14,20,26H,5-8,10H2,1-2H3. The molecule has 26 heavy (non-hydrogen) atoms. The normalized spacial score (nSPS) is 18.0. The summed E-state index contributed by atoms with van der Waals surface area (Å²) >= 11 is 0. The van der Waals surface area contributed by atoms with Crippen molar-refractivity contribution in [1.29, 1.82) is 0 Å². The van der Waals surface area contributed by atoms with Crippen LogP contribution in [0.25, 0.3) is 11.3 Å². The quantitative estimate of drug-likeness (QED) is 0.879. The Balaban J connectivity index is 1.66. The predicted molar refractivity (Wildman–Crippen MR) is 102 cm³/mol. The first-order valence-corrected chi connectivity index (χ1v) is 9.08. The van der Waals surface area contributed by atoms with Gasteiger partial charge in [-0.25, -0.2) is 15.0 Å². The van der Waals surface area contributed by atoms with Crippen LogP contribution in [0.5, 0.6) is 0 Å². The van der Waals surface area contributed by atoms with E-state index in [0.29, 0.717) is 17.6 Å². The van der Waals surface area contributed by atoms with Crippen LogP contribution in [-0.4, -0.2) is 51.9 Å². The Morgan fingerprint density at radius 3 is 2.65 bits per heavy atom. The summed E-state index contributed by atoms with van der Waals surface area (Å²) in [6.45, 7) is 6.28. The highest BCUT2D eigenvalue weighted by molar-refractivity contribution is 5.79. The van der Waals surface area contributed by atoms with E-state index in [-0.39, 0.29) is 0 Å². The summed E-state index contributed by atoms with van der Waals surface area (Å²) in [6, 6.07) is 4.22. The Bertz CT molecular complexity index is 806. The molecule has 2 aromatic rings. The minimum atomic E-state index is -0.958. The molecule has 0 aromatic carbocycles. The summed E-state index contributed by atoms with van der Waals surface area (Å²) in [7, 11) is 0. The van der Waals surface area contributed by atoms with Crippen LogP contribution >= 0.6 is 0 Å². The van der Waals surface area contributed by atoms with Gasteiger partial charge in [0.15, 0.2) is 11.6 Å². The fourth-order valence-corrected chi connectivity index (χ4v) is 3.45. The molecule has 2 aromatic heterocycles. The average molecular weight is 352 g/mol. The van der Waals surface area contributed by atoms with Crippen molar-refractivity contribution in [1.82, 2.24) is 20.3 Å². The van der Waals surface area contributed by atoms with E-state index in [1.807, 2.05) is 18.3 Å². The summed E-state index contributed by atoms with van der Waals surface area (Å²) in [4.78, 5) is 20.5. The molecule has 7 nitrogen and oxygen atoms in total. The van der Waals surface area contributed by atoms with Gasteiger partial charge in [0.25, 0.3) is 0 Å². The zero-order valence-electron chi connectivity index (χ0n) is 15.2. The molecule has 4 heterocycles. The molecule has 1 saturated heterocycles. The maximum Gasteiger partial charge on any atom is 0.195 e. The Labute approximate surface area is 153 Å². The molecule has 2 N–H and O–H groups in total. The van der Waals surface area contributed by atoms with Gasteiger partial charge in [-0.15, -0.1) is 0 Å². The number of hydrogen-bond acceptors (Lipinski definition) is 7. The summed E-state index contributed by atoms with van der Waals surface area (Å²) in [5.41, 5.74) is 1.33. The van der Waals surface area contributed by atoms with Crippen LogP contribution in [0.15, 0.2) is 29.5 Å². The third kappa shape index (κ3) is 3.32. The molecule has 7 heteroatoms. The SMILES string of the molecule is CC(C)(O)c1ccc(-c2cnc3c(n2)N(C2CCNCC2)CC=N3)cn1. The number of nitrogens with zero attached hydrogens (tertiary/aromatic N) is 5. The fourth-order valence-electron chi connectivity index (χ4n) is 3.45. The average Bonchev–Trinajstić information content (AvgIpc) is 2.67. The number of hydrogen-bond donors (Lipinski definition) is 2. The summed E-state index contributed by atoms with van der Waals surface area (Å²) in [6.07, 6.45) is 7.59. The van der Waals surface area contributed by atoms with E-state index in [1.54, 1.807) is 26.2 Å². The number of piperidine rings is 1. The molecule has 0 aliphatic carbocycles. The molecular formula is C19H24N6O. The van der Waals surface area contributed by atoms with Gasteiger partial charge in [0.1, 0.15) is 5.60 Å². The second-order valence-electron chi connectivity index (χ2n) is 7.34. The minimum absolute atomic E-state index is 0.460. The van der Waals surface area contributed by atoms with E-state index < -0.39 is 5.60 Å². The summed E-state index contributed by atoms with van der Waals surface area (Å²) in [5.74, 6) is 1.53. The van der Waals surface area contributed by atoms with Crippen LogP contribution in [0.2, 0.25) is 0 Å². The molecule has 1 fully saturated rings. The van der Waals surface area contributed by atoms with E-state index in [0.717, 1.165) is 49.6 Å². The van der Waals surface area contributed by atoms with Crippen LogP contribution < -0.4 is 10.2 Å². The zero-order chi connectivity index (χ0) is 18.1. The Morgan fingerprint density at radius 2 is 1.96 bits per heavy atom. The van der Waals surface area contributed by atoms with Gasteiger partial charge in [-0.1, -0.05) is 0 Å². The Morgan fingerprint density at radius 1 is 1.15 bits per heavy atom. The van der Waals surface area contributed by atoms with Crippen LogP contribution in [-0.2, 0) is 5.60 Å². The van der Waals surface area contributed by atoms with E-state index in [9.17, 15) is 5.11 Å². The summed E-state index contributed by atoms with van der Waals surface area (Å²) < 4.78 is 0. The third-order valence-electron chi connectivity index (χ3n) is 4.93. The van der Waals surface area contributed by atoms with Crippen molar-refractivity contribution in [2.45, 2.75) is 38.3 Å². The second kappa shape index (κ2) is 6.74. The Hall–Kier alpha value is -2.38. The molecule has 0 amide bonds. The van der Waals surface area contributed by atoms with Gasteiger partial charge in [0.05, 0.1) is 24.1 Å². The zero-order valence-corrected chi connectivity index (χ0v) is 15.2. The lowest BCUT2D eigenvalue weighted by Gasteiger charge is -2.36. The van der Waals surface area contributed by atoms with E-state index >= 15 is 0 Å². The van der Waals surface area contributed by atoms with Gasteiger partial charge in [-0.05, 0) is 51.9 Å². The van der Waals surface area contributed by atoms with Crippen LogP contribution in [0, 0.1) is 0 Å². The highest BCUT2D eigenvalue weighted by Crippen LogP contribution is 2.32. The third-order valence-corrected chi connectivity index (χ3v) is 4.93. The monoisotopic (exact) mass is 352 g/mol. The number of rotatable bonds is 3. The van der Waals surface area contributed by atoms with Crippen LogP contribution in [0.4, 0.5) is 11.6 Å². The second-order valence-corrected chi connectivity index (χ2v) is 7.34. The molecule has 2 aliphatic rings. The van der Waals surface area contributed by atoms with Gasteiger partial charge in [-0.2, -0.15) is 0 Å². The number of nitrogens with one attached hydrogen (secondary N) is 1.